The third kappa shape index (κ3) is 5.69. The first-order valence-corrected chi connectivity index (χ1v) is 10.4. The predicted molar refractivity (Wildman–Crippen MR) is 112 cm³/mol. The first-order chi connectivity index (χ1) is 13.3. The van der Waals surface area contributed by atoms with Crippen LogP contribution in [-0.2, 0) is 0 Å². The molecule has 2 aromatic carbocycles. The van der Waals surface area contributed by atoms with Crippen LogP contribution in [0.1, 0.15) is 63.4 Å². The Kier molecular flexibility index (Phi) is 7.50. The molecule has 0 bridgehead atoms. The molecule has 0 aliphatic heterocycles. The van der Waals surface area contributed by atoms with Crippen molar-refractivity contribution in [3.05, 3.63) is 66.5 Å². The van der Waals surface area contributed by atoms with Crippen molar-refractivity contribution in [1.82, 2.24) is 0 Å². The van der Waals surface area contributed by atoms with Gasteiger partial charge in [0.15, 0.2) is 0 Å². The summed E-state index contributed by atoms with van der Waals surface area (Å²) in [7, 11) is 0. The number of allylic oxidation sites excluding steroid dienone is 1. The van der Waals surface area contributed by atoms with E-state index in [1.807, 2.05) is 0 Å². The first-order valence-electron chi connectivity index (χ1n) is 10.4. The van der Waals surface area contributed by atoms with Gasteiger partial charge in [-0.3, -0.25) is 0 Å². The lowest BCUT2D eigenvalue weighted by Gasteiger charge is -2.28. The van der Waals surface area contributed by atoms with Crippen LogP contribution in [0.15, 0.2) is 60.9 Å². The number of ether oxygens (including phenoxy) is 1. The van der Waals surface area contributed by atoms with Gasteiger partial charge < -0.3 is 4.74 Å². The van der Waals surface area contributed by atoms with Crippen LogP contribution in [0.3, 0.4) is 0 Å². The molecular weight excluding hydrogens is 335 g/mol. The summed E-state index contributed by atoms with van der Waals surface area (Å²) in [4.78, 5) is 0. The van der Waals surface area contributed by atoms with Crippen LogP contribution < -0.4 is 4.74 Å². The minimum atomic E-state index is 0.678. The maximum Gasteiger partial charge on any atom is 0.119 e. The van der Waals surface area contributed by atoms with Crippen molar-refractivity contribution >= 4 is 0 Å². The van der Waals surface area contributed by atoms with E-state index in [0.29, 0.717) is 12.2 Å². The topological polar surface area (TPSA) is 9.23 Å². The van der Waals surface area contributed by atoms with Gasteiger partial charge >= 0.3 is 0 Å². The molecule has 2 aromatic rings. The Hall–Kier alpha value is -2.09. The summed E-state index contributed by atoms with van der Waals surface area (Å²) < 4.78 is 17.7. The molecular formula is C25H31FO. The second-order valence-corrected chi connectivity index (χ2v) is 7.65. The van der Waals surface area contributed by atoms with Gasteiger partial charge in [0.2, 0.25) is 0 Å². The van der Waals surface area contributed by atoms with Crippen molar-refractivity contribution in [2.24, 2.45) is 5.92 Å². The zero-order valence-electron chi connectivity index (χ0n) is 16.4. The predicted octanol–water partition coefficient (Wildman–Crippen LogP) is 7.68. The summed E-state index contributed by atoms with van der Waals surface area (Å²) in [5, 5.41) is 0. The van der Waals surface area contributed by atoms with E-state index in [9.17, 15) is 4.39 Å². The summed E-state index contributed by atoms with van der Waals surface area (Å²) >= 11 is 0. The molecule has 1 fully saturated rings. The fourth-order valence-electron chi connectivity index (χ4n) is 4.09. The Morgan fingerprint density at radius 3 is 2.15 bits per heavy atom. The number of halogens is 1. The fourth-order valence-corrected chi connectivity index (χ4v) is 4.09. The van der Waals surface area contributed by atoms with Gasteiger partial charge in [-0.15, -0.1) is 0 Å². The van der Waals surface area contributed by atoms with E-state index in [1.54, 1.807) is 6.08 Å². The Labute approximate surface area is 163 Å². The molecule has 1 aliphatic rings. The van der Waals surface area contributed by atoms with Gasteiger partial charge in [0.1, 0.15) is 5.75 Å². The quantitative estimate of drug-likeness (QED) is 0.465. The minimum Gasteiger partial charge on any atom is -0.494 e. The van der Waals surface area contributed by atoms with Crippen LogP contribution in [0.25, 0.3) is 11.1 Å². The Morgan fingerprint density at radius 2 is 1.56 bits per heavy atom. The number of hydrogen-bond donors (Lipinski definition) is 0. The standard InChI is InChI=1S/C25H31FO/c1-2-19-27-25-16-14-24(15-17-25)23-12-10-22(11-13-23)21-8-6-20(7-9-21)5-3-4-18-26/h4,10-18,20-21H,2-3,5-9,19H2,1H3/b18-4+. The van der Waals surface area contributed by atoms with Gasteiger partial charge in [0.25, 0.3) is 0 Å². The van der Waals surface area contributed by atoms with E-state index in [4.69, 9.17) is 4.74 Å². The Balaban J connectivity index is 1.54. The van der Waals surface area contributed by atoms with Gasteiger partial charge in [-0.05, 0) is 85.6 Å². The van der Waals surface area contributed by atoms with Gasteiger partial charge in [-0.1, -0.05) is 49.4 Å². The van der Waals surface area contributed by atoms with Crippen LogP contribution in [0.2, 0.25) is 0 Å². The minimum absolute atomic E-state index is 0.678. The molecule has 1 nitrogen and oxygen atoms in total. The summed E-state index contributed by atoms with van der Waals surface area (Å²) in [5.74, 6) is 2.39. The van der Waals surface area contributed by atoms with Gasteiger partial charge in [-0.25, -0.2) is 4.39 Å². The van der Waals surface area contributed by atoms with Crippen molar-refractivity contribution in [3.8, 4) is 16.9 Å². The monoisotopic (exact) mass is 366 g/mol. The second kappa shape index (κ2) is 10.3. The lowest BCUT2D eigenvalue weighted by molar-refractivity contribution is 0.311. The molecule has 0 unspecified atom stereocenters. The molecule has 0 radical (unpaired) electrons. The fraction of sp³-hybridized carbons (Fsp3) is 0.440. The molecule has 2 heteroatoms. The maximum atomic E-state index is 12.1. The van der Waals surface area contributed by atoms with E-state index in [0.717, 1.165) is 37.5 Å². The van der Waals surface area contributed by atoms with E-state index in [2.05, 4.69) is 55.5 Å². The maximum absolute atomic E-state index is 12.1. The summed E-state index contributed by atoms with van der Waals surface area (Å²) in [6.07, 6.45) is 10.4. The van der Waals surface area contributed by atoms with Crippen LogP contribution in [0, 0.1) is 5.92 Å². The third-order valence-corrected chi connectivity index (χ3v) is 5.72. The van der Waals surface area contributed by atoms with E-state index in [1.165, 1.54) is 42.4 Å². The third-order valence-electron chi connectivity index (χ3n) is 5.72. The Bertz CT molecular complexity index is 694. The van der Waals surface area contributed by atoms with E-state index >= 15 is 0 Å². The van der Waals surface area contributed by atoms with Crippen molar-refractivity contribution in [3.63, 3.8) is 0 Å². The highest BCUT2D eigenvalue weighted by atomic mass is 19.1. The molecule has 0 heterocycles. The van der Waals surface area contributed by atoms with Crippen molar-refractivity contribution < 1.29 is 9.13 Å². The van der Waals surface area contributed by atoms with Crippen LogP contribution in [0.4, 0.5) is 4.39 Å². The molecule has 0 amide bonds. The highest BCUT2D eigenvalue weighted by Gasteiger charge is 2.21. The molecule has 1 aliphatic carbocycles. The van der Waals surface area contributed by atoms with Gasteiger partial charge in [-0.2, -0.15) is 0 Å². The second-order valence-electron chi connectivity index (χ2n) is 7.65. The summed E-state index contributed by atoms with van der Waals surface area (Å²) in [5.41, 5.74) is 3.95. The average molecular weight is 367 g/mol. The van der Waals surface area contributed by atoms with E-state index < -0.39 is 0 Å². The Morgan fingerprint density at radius 1 is 0.926 bits per heavy atom. The summed E-state index contributed by atoms with van der Waals surface area (Å²) in [6.45, 7) is 2.88. The lowest BCUT2D eigenvalue weighted by atomic mass is 9.77. The van der Waals surface area contributed by atoms with Crippen molar-refractivity contribution in [1.29, 1.82) is 0 Å². The average Bonchev–Trinajstić information content (AvgIpc) is 2.73. The first kappa shape index (κ1) is 19.7. The highest BCUT2D eigenvalue weighted by molar-refractivity contribution is 5.64. The normalized spacial score (nSPS) is 20.1. The molecule has 3 rings (SSSR count). The smallest absolute Gasteiger partial charge is 0.119 e. The number of rotatable bonds is 8. The largest absolute Gasteiger partial charge is 0.494 e. The zero-order valence-corrected chi connectivity index (χ0v) is 16.4. The molecule has 0 aromatic heterocycles. The van der Waals surface area contributed by atoms with Gasteiger partial charge in [0.05, 0.1) is 12.9 Å². The molecule has 1 saturated carbocycles. The molecule has 27 heavy (non-hydrogen) atoms. The SMILES string of the molecule is CCCOc1ccc(-c2ccc(C3CCC(CC/C=C/F)CC3)cc2)cc1. The van der Waals surface area contributed by atoms with Crippen molar-refractivity contribution in [2.45, 2.75) is 57.8 Å². The molecule has 0 atom stereocenters. The molecule has 0 N–H and O–H groups in total. The molecule has 0 spiro atoms. The lowest BCUT2D eigenvalue weighted by Crippen LogP contribution is -2.13. The molecule has 0 saturated heterocycles. The highest BCUT2D eigenvalue weighted by Crippen LogP contribution is 2.38. The van der Waals surface area contributed by atoms with Crippen molar-refractivity contribution in [2.75, 3.05) is 6.61 Å². The number of benzene rings is 2. The number of hydrogen-bond acceptors (Lipinski definition) is 1. The van der Waals surface area contributed by atoms with Crippen LogP contribution >= 0.6 is 0 Å². The molecule has 144 valence electrons. The van der Waals surface area contributed by atoms with Crippen LogP contribution in [-0.4, -0.2) is 6.61 Å². The zero-order chi connectivity index (χ0) is 18.9. The summed E-state index contributed by atoms with van der Waals surface area (Å²) in [6, 6.07) is 17.5. The van der Waals surface area contributed by atoms with E-state index in [-0.39, 0.29) is 0 Å². The van der Waals surface area contributed by atoms with Crippen LogP contribution in [0.5, 0.6) is 5.75 Å². The van der Waals surface area contributed by atoms with Gasteiger partial charge in [0, 0.05) is 0 Å².